The smallest absolute Gasteiger partial charge is 0.282 e. The number of nitrogens with one attached hydrogen (secondary N) is 1. The number of amides is 2. The van der Waals surface area contributed by atoms with Crippen LogP contribution < -0.4 is 19.7 Å². The summed E-state index contributed by atoms with van der Waals surface area (Å²) in [6, 6.07) is 23.4. The molecule has 1 aliphatic heterocycles. The highest BCUT2D eigenvalue weighted by atomic mass is 16.5. The van der Waals surface area contributed by atoms with Gasteiger partial charge in [-0.15, -0.1) is 0 Å². The molecule has 3 aromatic rings. The van der Waals surface area contributed by atoms with Crippen LogP contribution in [0.25, 0.3) is 5.57 Å². The third kappa shape index (κ3) is 3.51. The molecular weight excluding hydrogens is 380 g/mol. The standard InChI is InChI=1S/C24H20N2O4/c1-29-19-13-18(14-20(15-19)30-2)26-23(27)21(16-9-5-3-6-10-16)22(24(26)28)25-17-11-7-4-8-12-17/h3-15,25H,1-2H3. The van der Waals surface area contributed by atoms with Crippen LogP contribution in [0.2, 0.25) is 0 Å². The summed E-state index contributed by atoms with van der Waals surface area (Å²) in [4.78, 5) is 28.0. The predicted molar refractivity (Wildman–Crippen MR) is 115 cm³/mol. The van der Waals surface area contributed by atoms with Crippen molar-refractivity contribution in [3.63, 3.8) is 0 Å². The fourth-order valence-electron chi connectivity index (χ4n) is 3.34. The Balaban J connectivity index is 1.82. The number of hydrogen-bond donors (Lipinski definition) is 1. The number of nitrogens with zero attached hydrogens (tertiary/aromatic N) is 1. The monoisotopic (exact) mass is 400 g/mol. The van der Waals surface area contributed by atoms with Crippen LogP contribution in [-0.2, 0) is 9.59 Å². The van der Waals surface area contributed by atoms with E-state index in [4.69, 9.17) is 9.47 Å². The Kier molecular flexibility index (Phi) is 5.22. The summed E-state index contributed by atoms with van der Waals surface area (Å²) < 4.78 is 10.6. The highest BCUT2D eigenvalue weighted by Crippen LogP contribution is 2.36. The maximum absolute atomic E-state index is 13.4. The topological polar surface area (TPSA) is 67.9 Å². The first kappa shape index (κ1) is 19.3. The van der Waals surface area contributed by atoms with Crippen LogP contribution >= 0.6 is 0 Å². The molecule has 1 aliphatic rings. The minimum Gasteiger partial charge on any atom is -0.497 e. The van der Waals surface area contributed by atoms with Crippen molar-refractivity contribution in [1.82, 2.24) is 0 Å². The number of para-hydroxylation sites is 1. The van der Waals surface area contributed by atoms with Crippen LogP contribution in [0, 0.1) is 0 Å². The minimum atomic E-state index is -0.446. The van der Waals surface area contributed by atoms with Gasteiger partial charge in [0.25, 0.3) is 11.8 Å². The number of imide groups is 1. The number of benzene rings is 3. The van der Waals surface area contributed by atoms with E-state index in [-0.39, 0.29) is 5.70 Å². The molecule has 0 bridgehead atoms. The van der Waals surface area contributed by atoms with E-state index in [9.17, 15) is 9.59 Å². The molecule has 3 aromatic carbocycles. The van der Waals surface area contributed by atoms with E-state index in [1.54, 1.807) is 18.2 Å². The van der Waals surface area contributed by atoms with E-state index in [1.165, 1.54) is 14.2 Å². The molecule has 150 valence electrons. The second-order valence-electron chi connectivity index (χ2n) is 6.62. The molecule has 0 saturated carbocycles. The molecular formula is C24H20N2O4. The van der Waals surface area contributed by atoms with Crippen LogP contribution in [-0.4, -0.2) is 26.0 Å². The van der Waals surface area contributed by atoms with Gasteiger partial charge in [0, 0.05) is 23.9 Å². The third-order valence-electron chi connectivity index (χ3n) is 4.78. The van der Waals surface area contributed by atoms with E-state index in [1.807, 2.05) is 60.7 Å². The lowest BCUT2D eigenvalue weighted by Gasteiger charge is -2.17. The lowest BCUT2D eigenvalue weighted by atomic mass is 10.0. The van der Waals surface area contributed by atoms with Crippen molar-refractivity contribution in [3.8, 4) is 11.5 Å². The number of methoxy groups -OCH3 is 2. The molecule has 0 aromatic heterocycles. The Morgan fingerprint density at radius 2 is 1.30 bits per heavy atom. The lowest BCUT2D eigenvalue weighted by Crippen LogP contribution is -2.32. The van der Waals surface area contributed by atoms with Gasteiger partial charge >= 0.3 is 0 Å². The third-order valence-corrected chi connectivity index (χ3v) is 4.78. The van der Waals surface area contributed by atoms with Gasteiger partial charge < -0.3 is 14.8 Å². The number of anilines is 2. The molecule has 0 radical (unpaired) electrons. The van der Waals surface area contributed by atoms with Crippen molar-refractivity contribution in [3.05, 3.63) is 90.1 Å². The Labute approximate surface area is 174 Å². The number of hydrogen-bond acceptors (Lipinski definition) is 5. The molecule has 6 heteroatoms. The normalized spacial score (nSPS) is 13.6. The summed E-state index contributed by atoms with van der Waals surface area (Å²) in [5.41, 5.74) is 2.28. The van der Waals surface area contributed by atoms with Gasteiger partial charge in [-0.1, -0.05) is 48.5 Å². The van der Waals surface area contributed by atoms with Crippen molar-refractivity contribution in [1.29, 1.82) is 0 Å². The van der Waals surface area contributed by atoms with Crippen LogP contribution in [0.1, 0.15) is 5.56 Å². The summed E-state index contributed by atoms with van der Waals surface area (Å²) >= 11 is 0. The maximum atomic E-state index is 13.4. The van der Waals surface area contributed by atoms with Gasteiger partial charge in [0.2, 0.25) is 0 Å². The number of carbonyl (C=O) groups excluding carboxylic acids is 2. The molecule has 0 unspecified atom stereocenters. The molecule has 0 aliphatic carbocycles. The Hall–Kier alpha value is -4.06. The number of rotatable bonds is 6. The Morgan fingerprint density at radius 1 is 0.733 bits per heavy atom. The van der Waals surface area contributed by atoms with Gasteiger partial charge in [0.15, 0.2) is 0 Å². The van der Waals surface area contributed by atoms with E-state index >= 15 is 0 Å². The average molecular weight is 400 g/mol. The van der Waals surface area contributed by atoms with Crippen molar-refractivity contribution in [2.75, 3.05) is 24.4 Å². The summed E-state index contributed by atoms with van der Waals surface area (Å²) in [7, 11) is 3.03. The van der Waals surface area contributed by atoms with Crippen LogP contribution in [0.5, 0.6) is 11.5 Å². The molecule has 6 nitrogen and oxygen atoms in total. The minimum absolute atomic E-state index is 0.221. The highest BCUT2D eigenvalue weighted by molar-refractivity contribution is 6.46. The summed E-state index contributed by atoms with van der Waals surface area (Å²) in [5.74, 6) is 0.101. The van der Waals surface area contributed by atoms with Crippen molar-refractivity contribution < 1.29 is 19.1 Å². The molecule has 1 heterocycles. The highest BCUT2D eigenvalue weighted by Gasteiger charge is 2.40. The van der Waals surface area contributed by atoms with Gasteiger partial charge in [0.1, 0.15) is 17.2 Å². The second-order valence-corrected chi connectivity index (χ2v) is 6.62. The largest absolute Gasteiger partial charge is 0.497 e. The first-order valence-corrected chi connectivity index (χ1v) is 9.36. The number of carbonyl (C=O) groups is 2. The molecule has 0 atom stereocenters. The zero-order chi connectivity index (χ0) is 21.1. The molecule has 0 saturated heterocycles. The molecule has 30 heavy (non-hydrogen) atoms. The first-order chi connectivity index (χ1) is 14.6. The fraction of sp³-hybridized carbons (Fsp3) is 0.0833. The molecule has 4 rings (SSSR count). The van der Waals surface area contributed by atoms with Gasteiger partial charge in [-0.25, -0.2) is 4.90 Å². The zero-order valence-electron chi connectivity index (χ0n) is 16.6. The van der Waals surface area contributed by atoms with E-state index in [2.05, 4.69) is 5.32 Å². The summed E-state index contributed by atoms with van der Waals surface area (Å²) in [6.07, 6.45) is 0. The molecule has 0 spiro atoms. The van der Waals surface area contributed by atoms with Gasteiger partial charge in [-0.2, -0.15) is 0 Å². The van der Waals surface area contributed by atoms with Crippen LogP contribution in [0.3, 0.4) is 0 Å². The molecule has 1 N–H and O–H groups in total. The quantitative estimate of drug-likeness (QED) is 0.631. The lowest BCUT2D eigenvalue weighted by molar-refractivity contribution is -0.120. The summed E-state index contributed by atoms with van der Waals surface area (Å²) in [5, 5.41) is 3.13. The van der Waals surface area contributed by atoms with Gasteiger partial charge in [0.05, 0.1) is 25.5 Å². The Bertz CT molecular complexity index is 1100. The molecule has 2 amide bonds. The maximum Gasteiger partial charge on any atom is 0.282 e. The average Bonchev–Trinajstić information content (AvgIpc) is 3.03. The van der Waals surface area contributed by atoms with E-state index in [0.717, 1.165) is 4.90 Å². The van der Waals surface area contributed by atoms with Crippen molar-refractivity contribution >= 4 is 28.8 Å². The summed E-state index contributed by atoms with van der Waals surface area (Å²) in [6.45, 7) is 0. The fourth-order valence-corrected chi connectivity index (χ4v) is 3.34. The van der Waals surface area contributed by atoms with Gasteiger partial charge in [-0.05, 0) is 17.7 Å². The van der Waals surface area contributed by atoms with E-state index < -0.39 is 11.8 Å². The first-order valence-electron chi connectivity index (χ1n) is 9.36. The predicted octanol–water partition coefficient (Wildman–Crippen LogP) is 4.10. The van der Waals surface area contributed by atoms with Crippen molar-refractivity contribution in [2.24, 2.45) is 0 Å². The van der Waals surface area contributed by atoms with Crippen LogP contribution in [0.4, 0.5) is 11.4 Å². The van der Waals surface area contributed by atoms with Crippen LogP contribution in [0.15, 0.2) is 84.6 Å². The van der Waals surface area contributed by atoms with Crippen molar-refractivity contribution in [2.45, 2.75) is 0 Å². The molecule has 0 fully saturated rings. The second kappa shape index (κ2) is 8.13. The van der Waals surface area contributed by atoms with E-state index in [0.29, 0.717) is 34.0 Å². The zero-order valence-corrected chi connectivity index (χ0v) is 16.6. The Morgan fingerprint density at radius 3 is 1.87 bits per heavy atom. The SMILES string of the molecule is COc1cc(OC)cc(N2C(=O)C(Nc3ccccc3)=C(c3ccccc3)C2=O)c1. The van der Waals surface area contributed by atoms with Gasteiger partial charge in [-0.3, -0.25) is 9.59 Å². The number of ether oxygens (including phenoxy) is 2.